The van der Waals surface area contributed by atoms with E-state index in [1.165, 1.54) is 19.2 Å². The van der Waals surface area contributed by atoms with Crippen molar-refractivity contribution in [2.45, 2.75) is 31.7 Å². The second-order valence-electron chi connectivity index (χ2n) is 9.82. The van der Waals surface area contributed by atoms with E-state index < -0.39 is 23.1 Å². The van der Waals surface area contributed by atoms with E-state index in [0.29, 0.717) is 19.6 Å². The normalized spacial score (nSPS) is 14.6. The molecule has 0 aromatic heterocycles. The Balaban J connectivity index is 1.69. The Morgan fingerprint density at radius 3 is 2.45 bits per heavy atom. The summed E-state index contributed by atoms with van der Waals surface area (Å²) in [6.07, 6.45) is 0. The Kier molecular flexibility index (Phi) is 7.85. The maximum absolute atomic E-state index is 14.4. The molecule has 0 atom stereocenters. The highest BCUT2D eigenvalue weighted by Crippen LogP contribution is 2.41. The summed E-state index contributed by atoms with van der Waals surface area (Å²) < 4.78 is 14.4. The molecule has 1 heterocycles. The highest BCUT2D eigenvalue weighted by Gasteiger charge is 2.51. The SMILES string of the molecule is CNC(=O)c1cc(Cl)c(F)cc1NC(=O)C1(c2ccccc2C(C)C)CN(Cc2cccc(C(=O)O)c2)C1. The summed E-state index contributed by atoms with van der Waals surface area (Å²) >= 11 is 5.92. The van der Waals surface area contributed by atoms with Gasteiger partial charge in [-0.3, -0.25) is 14.5 Å². The van der Waals surface area contributed by atoms with E-state index in [1.54, 1.807) is 12.1 Å². The minimum absolute atomic E-state index is 0.0327. The second-order valence-corrected chi connectivity index (χ2v) is 10.2. The van der Waals surface area contributed by atoms with Crippen LogP contribution in [0, 0.1) is 5.82 Å². The van der Waals surface area contributed by atoms with E-state index in [1.807, 2.05) is 30.3 Å². The summed E-state index contributed by atoms with van der Waals surface area (Å²) in [6, 6.07) is 16.7. The molecule has 0 unspecified atom stereocenters. The van der Waals surface area contributed by atoms with Crippen LogP contribution in [0.4, 0.5) is 10.1 Å². The number of likely N-dealkylation sites (tertiary alicyclic amines) is 1. The van der Waals surface area contributed by atoms with E-state index >= 15 is 0 Å². The van der Waals surface area contributed by atoms with Crippen LogP contribution < -0.4 is 10.6 Å². The monoisotopic (exact) mass is 537 g/mol. The standard InChI is InChI=1S/C29H29ClFN3O4/c1-17(2)20-9-4-5-10-22(20)29(15-34(16-29)14-18-7-6-8-19(11-18)27(36)37)28(38)33-25-13-24(31)23(30)12-21(25)26(35)32-3/h4-13,17H,14-16H2,1-3H3,(H,32,35)(H,33,38)(H,36,37). The molecule has 0 radical (unpaired) electrons. The van der Waals surface area contributed by atoms with Gasteiger partial charge in [0.2, 0.25) is 5.91 Å². The van der Waals surface area contributed by atoms with Crippen molar-refractivity contribution in [2.24, 2.45) is 0 Å². The molecule has 1 aliphatic heterocycles. The highest BCUT2D eigenvalue weighted by molar-refractivity contribution is 6.31. The van der Waals surface area contributed by atoms with E-state index in [0.717, 1.165) is 22.8 Å². The number of carbonyl (C=O) groups is 3. The molecule has 3 aromatic rings. The number of anilines is 1. The van der Waals surface area contributed by atoms with Crippen molar-refractivity contribution < 1.29 is 23.9 Å². The third-order valence-electron chi connectivity index (χ3n) is 6.88. The second kappa shape index (κ2) is 10.9. The molecule has 4 rings (SSSR count). The predicted molar refractivity (Wildman–Crippen MR) is 144 cm³/mol. The van der Waals surface area contributed by atoms with Gasteiger partial charge in [-0.15, -0.1) is 0 Å². The Morgan fingerprint density at radius 2 is 1.79 bits per heavy atom. The van der Waals surface area contributed by atoms with Gasteiger partial charge in [-0.25, -0.2) is 9.18 Å². The van der Waals surface area contributed by atoms with Crippen molar-refractivity contribution >= 4 is 35.1 Å². The number of nitrogens with zero attached hydrogens (tertiary/aromatic N) is 1. The first-order chi connectivity index (χ1) is 18.1. The summed E-state index contributed by atoms with van der Waals surface area (Å²) in [7, 11) is 1.44. The van der Waals surface area contributed by atoms with E-state index in [-0.39, 0.29) is 33.7 Å². The van der Waals surface area contributed by atoms with Gasteiger partial charge in [-0.05, 0) is 46.9 Å². The molecular weight excluding hydrogens is 509 g/mol. The average Bonchev–Trinajstić information content (AvgIpc) is 2.87. The Hall–Kier alpha value is -3.75. The van der Waals surface area contributed by atoms with Gasteiger partial charge >= 0.3 is 5.97 Å². The van der Waals surface area contributed by atoms with Crippen LogP contribution in [0.15, 0.2) is 60.7 Å². The predicted octanol–water partition coefficient (Wildman–Crippen LogP) is 5.05. The van der Waals surface area contributed by atoms with Crippen molar-refractivity contribution in [3.8, 4) is 0 Å². The minimum Gasteiger partial charge on any atom is -0.478 e. The number of hydrogen-bond acceptors (Lipinski definition) is 4. The van der Waals surface area contributed by atoms with Crippen LogP contribution in [0.2, 0.25) is 5.02 Å². The number of benzene rings is 3. The molecule has 3 aromatic carbocycles. The first kappa shape index (κ1) is 27.3. The lowest BCUT2D eigenvalue weighted by Gasteiger charge is -2.50. The molecular formula is C29H29ClFN3O4. The van der Waals surface area contributed by atoms with Crippen LogP contribution >= 0.6 is 11.6 Å². The molecule has 198 valence electrons. The molecule has 9 heteroatoms. The number of carbonyl (C=O) groups excluding carboxylic acids is 2. The van der Waals surface area contributed by atoms with Crippen molar-refractivity contribution in [2.75, 3.05) is 25.5 Å². The molecule has 38 heavy (non-hydrogen) atoms. The molecule has 2 amide bonds. The molecule has 7 nitrogen and oxygen atoms in total. The molecule has 1 saturated heterocycles. The van der Waals surface area contributed by atoms with Gasteiger partial charge in [-0.2, -0.15) is 0 Å². The van der Waals surface area contributed by atoms with Gasteiger partial charge < -0.3 is 15.7 Å². The van der Waals surface area contributed by atoms with E-state index in [2.05, 4.69) is 29.4 Å². The van der Waals surface area contributed by atoms with Crippen LogP contribution in [-0.4, -0.2) is 47.9 Å². The number of halogens is 2. The zero-order chi connectivity index (χ0) is 27.6. The Morgan fingerprint density at radius 1 is 1.08 bits per heavy atom. The Labute approximate surface area is 225 Å². The van der Waals surface area contributed by atoms with E-state index in [9.17, 15) is 23.9 Å². The minimum atomic E-state index is -1.00. The molecule has 0 spiro atoms. The summed E-state index contributed by atoms with van der Waals surface area (Å²) in [4.78, 5) is 39.9. The smallest absolute Gasteiger partial charge is 0.335 e. The number of carboxylic acid groups (broad SMARTS) is 1. The number of hydrogen-bond donors (Lipinski definition) is 3. The fourth-order valence-corrected chi connectivity index (χ4v) is 5.14. The fraction of sp³-hybridized carbons (Fsp3) is 0.276. The largest absolute Gasteiger partial charge is 0.478 e. The first-order valence-corrected chi connectivity index (χ1v) is 12.6. The lowest BCUT2D eigenvalue weighted by molar-refractivity contribution is -0.128. The third kappa shape index (κ3) is 5.28. The lowest BCUT2D eigenvalue weighted by atomic mass is 9.69. The third-order valence-corrected chi connectivity index (χ3v) is 7.17. The lowest BCUT2D eigenvalue weighted by Crippen LogP contribution is -2.64. The van der Waals surface area contributed by atoms with Gasteiger partial charge in [-0.1, -0.05) is 61.8 Å². The average molecular weight is 538 g/mol. The van der Waals surface area contributed by atoms with Crippen LogP contribution in [0.3, 0.4) is 0 Å². The van der Waals surface area contributed by atoms with Crippen LogP contribution in [0.25, 0.3) is 0 Å². The summed E-state index contributed by atoms with van der Waals surface area (Å²) in [5.74, 6) is -2.48. The maximum atomic E-state index is 14.4. The molecule has 0 aliphatic carbocycles. The van der Waals surface area contributed by atoms with Gasteiger partial charge in [0.25, 0.3) is 5.91 Å². The summed E-state index contributed by atoms with van der Waals surface area (Å²) in [6.45, 7) is 5.27. The number of aromatic carboxylic acids is 1. The van der Waals surface area contributed by atoms with E-state index in [4.69, 9.17) is 11.6 Å². The Bertz CT molecular complexity index is 1400. The van der Waals surface area contributed by atoms with Gasteiger partial charge in [0.1, 0.15) is 5.82 Å². The molecule has 1 aliphatic rings. The summed E-state index contributed by atoms with van der Waals surface area (Å²) in [5, 5.41) is 14.4. The van der Waals surface area contributed by atoms with Gasteiger partial charge in [0.05, 0.1) is 27.3 Å². The molecule has 1 fully saturated rings. The highest BCUT2D eigenvalue weighted by atomic mass is 35.5. The summed E-state index contributed by atoms with van der Waals surface area (Å²) in [5.41, 5.74) is 2.01. The van der Waals surface area contributed by atoms with Crippen LogP contribution in [0.5, 0.6) is 0 Å². The molecule has 0 saturated carbocycles. The maximum Gasteiger partial charge on any atom is 0.335 e. The first-order valence-electron chi connectivity index (χ1n) is 12.2. The van der Waals surface area contributed by atoms with Crippen molar-refractivity contribution in [3.05, 3.63) is 99.3 Å². The van der Waals surface area contributed by atoms with Crippen molar-refractivity contribution in [1.29, 1.82) is 0 Å². The van der Waals surface area contributed by atoms with Gasteiger partial charge in [0.15, 0.2) is 0 Å². The topological polar surface area (TPSA) is 98.7 Å². The molecule has 3 N–H and O–H groups in total. The van der Waals surface area contributed by atoms with Crippen molar-refractivity contribution in [1.82, 2.24) is 10.2 Å². The molecule has 0 bridgehead atoms. The zero-order valence-corrected chi connectivity index (χ0v) is 22.1. The number of carboxylic acids is 1. The number of amides is 2. The quantitative estimate of drug-likeness (QED) is 0.373. The van der Waals surface area contributed by atoms with Crippen LogP contribution in [-0.2, 0) is 16.8 Å². The number of rotatable bonds is 8. The fourth-order valence-electron chi connectivity index (χ4n) is 4.98. The van der Waals surface area contributed by atoms with Gasteiger partial charge in [0, 0.05) is 26.7 Å². The van der Waals surface area contributed by atoms with Crippen LogP contribution in [0.1, 0.15) is 57.2 Å². The van der Waals surface area contributed by atoms with Crippen molar-refractivity contribution in [3.63, 3.8) is 0 Å². The zero-order valence-electron chi connectivity index (χ0n) is 21.3. The number of nitrogens with one attached hydrogen (secondary N) is 2.